The second-order valence-electron chi connectivity index (χ2n) is 9.08. The van der Waals surface area contributed by atoms with Crippen LogP contribution in [-0.4, -0.2) is 42.3 Å². The minimum atomic E-state index is -1.04. The molecule has 1 saturated carbocycles. The van der Waals surface area contributed by atoms with Crippen molar-refractivity contribution in [2.75, 3.05) is 13.2 Å². The Hall–Kier alpha value is -3.35. The minimum absolute atomic E-state index is 0.0331. The molecule has 0 aliphatic heterocycles. The normalized spacial score (nSPS) is 19.9. The number of hydrogen-bond acceptors (Lipinski definition) is 4. The van der Waals surface area contributed by atoms with Crippen molar-refractivity contribution in [1.82, 2.24) is 10.6 Å². The summed E-state index contributed by atoms with van der Waals surface area (Å²) in [6, 6.07) is 15.6. The van der Waals surface area contributed by atoms with E-state index in [1.165, 1.54) is 29.2 Å². The van der Waals surface area contributed by atoms with E-state index in [1.54, 1.807) is 0 Å². The zero-order chi connectivity index (χ0) is 23.4. The lowest BCUT2D eigenvalue weighted by Gasteiger charge is -2.16. The summed E-state index contributed by atoms with van der Waals surface area (Å²) in [6.07, 6.45) is 2.55. The first-order chi connectivity index (χ1) is 15.9. The fourth-order valence-electron chi connectivity index (χ4n) is 5.05. The van der Waals surface area contributed by atoms with Gasteiger partial charge in [-0.2, -0.15) is 0 Å². The molecular weight excluding hydrogens is 420 g/mol. The van der Waals surface area contributed by atoms with Crippen molar-refractivity contribution in [2.45, 2.75) is 44.6 Å². The summed E-state index contributed by atoms with van der Waals surface area (Å²) in [7, 11) is 0. The number of rotatable bonds is 8. The third-order valence-corrected chi connectivity index (χ3v) is 6.75. The summed E-state index contributed by atoms with van der Waals surface area (Å²) >= 11 is 0. The largest absolute Gasteiger partial charge is 0.480 e. The van der Waals surface area contributed by atoms with Crippen LogP contribution in [0.1, 0.15) is 49.7 Å². The molecule has 0 spiro atoms. The van der Waals surface area contributed by atoms with Gasteiger partial charge >= 0.3 is 12.1 Å². The lowest BCUT2D eigenvalue weighted by atomic mass is 9.98. The van der Waals surface area contributed by atoms with E-state index < -0.39 is 18.1 Å². The molecule has 174 valence electrons. The van der Waals surface area contributed by atoms with Crippen molar-refractivity contribution in [3.8, 4) is 11.1 Å². The minimum Gasteiger partial charge on any atom is -0.480 e. The second-order valence-corrected chi connectivity index (χ2v) is 9.08. The van der Waals surface area contributed by atoms with Crippen molar-refractivity contribution >= 4 is 18.0 Å². The van der Waals surface area contributed by atoms with Gasteiger partial charge in [-0.25, -0.2) is 4.79 Å². The molecule has 2 aromatic carbocycles. The third-order valence-electron chi connectivity index (χ3n) is 6.75. The molecule has 7 heteroatoms. The average Bonchev–Trinajstić information content (AvgIpc) is 3.38. The molecule has 3 atom stereocenters. The van der Waals surface area contributed by atoms with Crippen LogP contribution in [0, 0.1) is 11.8 Å². The zero-order valence-corrected chi connectivity index (χ0v) is 18.8. The predicted molar refractivity (Wildman–Crippen MR) is 124 cm³/mol. The maximum Gasteiger partial charge on any atom is 0.407 e. The van der Waals surface area contributed by atoms with Crippen LogP contribution in [0.2, 0.25) is 0 Å². The molecule has 33 heavy (non-hydrogen) atoms. The van der Waals surface area contributed by atoms with Gasteiger partial charge in [0.05, 0.1) is 0 Å². The number of nitrogens with one attached hydrogen (secondary N) is 2. The molecule has 2 amide bonds. The van der Waals surface area contributed by atoms with E-state index >= 15 is 0 Å². The fraction of sp³-hybridized carbons (Fsp3) is 0.423. The Morgan fingerprint density at radius 3 is 2.24 bits per heavy atom. The number of carbonyl (C=O) groups excluding carboxylic acids is 2. The molecule has 2 aromatic rings. The van der Waals surface area contributed by atoms with Crippen LogP contribution >= 0.6 is 0 Å². The number of alkyl carbamates (subject to hydrolysis) is 1. The van der Waals surface area contributed by atoms with Gasteiger partial charge in [0.2, 0.25) is 5.91 Å². The molecule has 3 N–H and O–H groups in total. The van der Waals surface area contributed by atoms with E-state index in [0.717, 1.165) is 19.3 Å². The molecule has 0 heterocycles. The first-order valence-electron chi connectivity index (χ1n) is 11.5. The van der Waals surface area contributed by atoms with Gasteiger partial charge in [-0.15, -0.1) is 0 Å². The van der Waals surface area contributed by atoms with Crippen molar-refractivity contribution in [2.24, 2.45) is 11.8 Å². The quantitative estimate of drug-likeness (QED) is 0.565. The number of aliphatic carboxylic acids is 1. The van der Waals surface area contributed by atoms with Crippen molar-refractivity contribution in [1.29, 1.82) is 0 Å². The predicted octanol–water partition coefficient (Wildman–Crippen LogP) is 3.92. The summed E-state index contributed by atoms with van der Waals surface area (Å²) < 4.78 is 5.59. The first kappa shape index (κ1) is 22.8. The smallest absolute Gasteiger partial charge is 0.407 e. The van der Waals surface area contributed by atoms with Gasteiger partial charge in [0.25, 0.3) is 0 Å². The van der Waals surface area contributed by atoms with E-state index in [-0.39, 0.29) is 24.3 Å². The van der Waals surface area contributed by atoms with Crippen molar-refractivity contribution in [3.05, 3.63) is 59.7 Å². The van der Waals surface area contributed by atoms with Gasteiger partial charge in [-0.05, 0) is 60.3 Å². The first-order valence-corrected chi connectivity index (χ1v) is 11.5. The number of carboxylic acids is 1. The number of amides is 2. The van der Waals surface area contributed by atoms with Gasteiger partial charge in [0, 0.05) is 18.9 Å². The van der Waals surface area contributed by atoms with Crippen molar-refractivity contribution < 1.29 is 24.2 Å². The van der Waals surface area contributed by atoms with Crippen LogP contribution in [0.3, 0.4) is 0 Å². The Balaban J connectivity index is 1.22. The Morgan fingerprint density at radius 2 is 1.61 bits per heavy atom. The zero-order valence-electron chi connectivity index (χ0n) is 18.8. The molecule has 4 rings (SSSR count). The number of ether oxygens (including phenoxy) is 1. The Kier molecular flexibility index (Phi) is 6.96. The lowest BCUT2D eigenvalue weighted by Crippen LogP contribution is -2.38. The summed E-state index contributed by atoms with van der Waals surface area (Å²) in [5, 5.41) is 14.3. The van der Waals surface area contributed by atoms with Crippen LogP contribution in [0.4, 0.5) is 4.79 Å². The lowest BCUT2D eigenvalue weighted by molar-refractivity contribution is -0.141. The van der Waals surface area contributed by atoms with Gasteiger partial charge in [-0.1, -0.05) is 48.5 Å². The Bertz CT molecular complexity index is 991. The summed E-state index contributed by atoms with van der Waals surface area (Å²) in [6.45, 7) is 2.26. The maximum absolute atomic E-state index is 12.4. The number of carbonyl (C=O) groups is 3. The maximum atomic E-state index is 12.4. The topological polar surface area (TPSA) is 105 Å². The highest BCUT2D eigenvalue weighted by Gasteiger charge is 2.30. The van der Waals surface area contributed by atoms with Crippen LogP contribution in [0.25, 0.3) is 11.1 Å². The highest BCUT2D eigenvalue weighted by atomic mass is 16.5. The molecular formula is C26H30N2O5. The number of carboxylic acid groups (broad SMARTS) is 1. The second kappa shape index (κ2) is 10.1. The Labute approximate surface area is 193 Å². The molecule has 2 aliphatic rings. The van der Waals surface area contributed by atoms with E-state index in [4.69, 9.17) is 9.84 Å². The van der Waals surface area contributed by atoms with E-state index in [2.05, 4.69) is 34.9 Å². The Morgan fingerprint density at radius 1 is 1.00 bits per heavy atom. The van der Waals surface area contributed by atoms with Crippen LogP contribution < -0.4 is 10.6 Å². The van der Waals surface area contributed by atoms with E-state index in [0.29, 0.717) is 18.9 Å². The van der Waals surface area contributed by atoms with Crippen LogP contribution in [0.5, 0.6) is 0 Å². The summed E-state index contributed by atoms with van der Waals surface area (Å²) in [5.74, 6) is -0.744. The van der Waals surface area contributed by atoms with Gasteiger partial charge in [0.15, 0.2) is 0 Å². The van der Waals surface area contributed by atoms with Crippen LogP contribution in [0.15, 0.2) is 48.5 Å². The summed E-state index contributed by atoms with van der Waals surface area (Å²) in [5.41, 5.74) is 4.75. The molecule has 0 saturated heterocycles. The molecule has 0 radical (unpaired) electrons. The molecule has 1 fully saturated rings. The highest BCUT2D eigenvalue weighted by molar-refractivity contribution is 5.83. The monoisotopic (exact) mass is 450 g/mol. The number of hydrogen-bond donors (Lipinski definition) is 3. The fourth-order valence-corrected chi connectivity index (χ4v) is 5.05. The van der Waals surface area contributed by atoms with Gasteiger partial charge < -0.3 is 20.5 Å². The molecule has 3 unspecified atom stereocenters. The number of fused-ring (bicyclic) bond motifs is 3. The highest BCUT2D eigenvalue weighted by Crippen LogP contribution is 2.44. The standard InChI is InChI=1S/C26H30N2O5/c1-16(25(30)31)28-24(29)13-17-10-11-18(12-17)14-27-26(32)33-15-23-21-8-4-2-6-19(21)20-7-3-5-9-22(20)23/h2-9,16-18,23H,10-15H2,1H3,(H,27,32)(H,28,29)(H,30,31). The van der Waals surface area contributed by atoms with Crippen molar-refractivity contribution in [3.63, 3.8) is 0 Å². The third kappa shape index (κ3) is 5.35. The molecule has 0 bridgehead atoms. The van der Waals surface area contributed by atoms with E-state index in [1.807, 2.05) is 24.3 Å². The summed E-state index contributed by atoms with van der Waals surface area (Å²) in [4.78, 5) is 35.2. The van der Waals surface area contributed by atoms with Gasteiger partial charge in [-0.3, -0.25) is 9.59 Å². The average molecular weight is 451 g/mol. The van der Waals surface area contributed by atoms with Crippen LogP contribution in [-0.2, 0) is 14.3 Å². The van der Waals surface area contributed by atoms with E-state index in [9.17, 15) is 14.4 Å². The molecule has 7 nitrogen and oxygen atoms in total. The SMILES string of the molecule is CC(NC(=O)CC1CCC(CNC(=O)OCC2c3ccccc3-c3ccccc32)C1)C(=O)O. The molecule has 0 aromatic heterocycles. The van der Waals surface area contributed by atoms with Gasteiger partial charge in [0.1, 0.15) is 12.6 Å². The molecule has 2 aliphatic carbocycles. The number of benzene rings is 2.